The van der Waals surface area contributed by atoms with Crippen LogP contribution < -0.4 is 5.32 Å². The smallest absolute Gasteiger partial charge is 0.253 e. The third-order valence-corrected chi connectivity index (χ3v) is 8.19. The molecule has 9 heteroatoms. The Balaban J connectivity index is 1.61. The molecule has 8 nitrogen and oxygen atoms in total. The van der Waals surface area contributed by atoms with Crippen molar-refractivity contribution >= 4 is 27.5 Å². The van der Waals surface area contributed by atoms with Gasteiger partial charge >= 0.3 is 0 Å². The molecule has 1 aliphatic rings. The molecule has 1 fully saturated rings. The van der Waals surface area contributed by atoms with Gasteiger partial charge in [0.2, 0.25) is 15.9 Å². The Morgan fingerprint density at radius 1 is 1.03 bits per heavy atom. The van der Waals surface area contributed by atoms with Crippen LogP contribution in [0.15, 0.2) is 47.4 Å². The molecule has 1 unspecified atom stereocenters. The first-order chi connectivity index (χ1) is 16.0. The molecular formula is C25H34N4O4S. The number of amides is 2. The molecule has 34 heavy (non-hydrogen) atoms. The van der Waals surface area contributed by atoms with Gasteiger partial charge in [-0.05, 0) is 55.7 Å². The fraction of sp³-hybridized carbons (Fsp3) is 0.440. The highest BCUT2D eigenvalue weighted by Gasteiger charge is 2.28. The summed E-state index contributed by atoms with van der Waals surface area (Å²) in [6, 6.07) is 12.0. The second-order valence-electron chi connectivity index (χ2n) is 8.81. The Kier molecular flexibility index (Phi) is 8.12. The molecule has 1 aliphatic heterocycles. The number of hydrogen-bond donors (Lipinski definition) is 1. The lowest BCUT2D eigenvalue weighted by molar-refractivity contribution is -0.121. The van der Waals surface area contributed by atoms with Crippen LogP contribution in [-0.2, 0) is 21.2 Å². The molecule has 2 aromatic rings. The monoisotopic (exact) mass is 486 g/mol. The van der Waals surface area contributed by atoms with Crippen LogP contribution in [0, 0.1) is 6.92 Å². The topological polar surface area (TPSA) is 90.0 Å². The molecule has 3 rings (SSSR count). The van der Waals surface area contributed by atoms with Crippen LogP contribution in [0.4, 0.5) is 5.69 Å². The van der Waals surface area contributed by atoms with E-state index in [1.54, 1.807) is 6.07 Å². The van der Waals surface area contributed by atoms with E-state index in [9.17, 15) is 18.0 Å². The number of hydrogen-bond acceptors (Lipinski definition) is 5. The number of piperazine rings is 1. The molecule has 1 heterocycles. The highest BCUT2D eigenvalue weighted by molar-refractivity contribution is 7.89. The first-order valence-electron chi connectivity index (χ1n) is 11.5. The molecule has 0 bridgehead atoms. The lowest BCUT2D eigenvalue weighted by Crippen LogP contribution is -2.54. The van der Waals surface area contributed by atoms with E-state index in [0.717, 1.165) is 16.3 Å². The van der Waals surface area contributed by atoms with E-state index < -0.39 is 16.1 Å². The first-order valence-corrected chi connectivity index (χ1v) is 12.9. The SMILES string of the molecule is CCc1ccc(C(=O)N2CCN(C(C)C(=O)Nc3cc(S(=O)(=O)N(C)C)ccc3C)CC2)cc1. The van der Waals surface area contributed by atoms with Gasteiger partial charge in [-0.25, -0.2) is 12.7 Å². The Hall–Kier alpha value is -2.75. The summed E-state index contributed by atoms with van der Waals surface area (Å²) >= 11 is 0. The molecule has 1 saturated heterocycles. The minimum absolute atomic E-state index is 0.00829. The average molecular weight is 487 g/mol. The van der Waals surface area contributed by atoms with Crippen LogP contribution in [0.3, 0.4) is 0 Å². The average Bonchev–Trinajstić information content (AvgIpc) is 2.84. The van der Waals surface area contributed by atoms with Crippen molar-refractivity contribution in [2.75, 3.05) is 45.6 Å². The predicted molar refractivity (Wildman–Crippen MR) is 133 cm³/mol. The summed E-state index contributed by atoms with van der Waals surface area (Å²) < 4.78 is 26.1. The van der Waals surface area contributed by atoms with Gasteiger partial charge in [-0.3, -0.25) is 14.5 Å². The van der Waals surface area contributed by atoms with Crippen molar-refractivity contribution in [2.45, 2.75) is 38.1 Å². The maximum atomic E-state index is 13.0. The van der Waals surface area contributed by atoms with E-state index in [0.29, 0.717) is 37.4 Å². The third-order valence-electron chi connectivity index (χ3n) is 6.38. The first kappa shape index (κ1) is 25.9. The zero-order valence-electron chi connectivity index (χ0n) is 20.5. The highest BCUT2D eigenvalue weighted by Crippen LogP contribution is 2.23. The summed E-state index contributed by atoms with van der Waals surface area (Å²) in [6.45, 7) is 7.98. The lowest BCUT2D eigenvalue weighted by atomic mass is 10.1. The van der Waals surface area contributed by atoms with E-state index in [1.165, 1.54) is 31.8 Å². The number of carbonyl (C=O) groups is 2. The summed E-state index contributed by atoms with van der Waals surface area (Å²) in [5.74, 6) is -0.202. The minimum atomic E-state index is -3.60. The molecule has 1 atom stereocenters. The van der Waals surface area contributed by atoms with E-state index in [4.69, 9.17) is 0 Å². The number of anilines is 1. The summed E-state index contributed by atoms with van der Waals surface area (Å²) in [5, 5.41) is 2.89. The van der Waals surface area contributed by atoms with Gasteiger partial charge in [-0.1, -0.05) is 25.1 Å². The van der Waals surface area contributed by atoms with Gasteiger partial charge in [0.25, 0.3) is 5.91 Å². The second kappa shape index (κ2) is 10.7. The molecule has 0 spiro atoms. The van der Waals surface area contributed by atoms with Crippen molar-refractivity contribution in [1.82, 2.24) is 14.1 Å². The van der Waals surface area contributed by atoms with Crippen LogP contribution in [0.1, 0.15) is 35.3 Å². The maximum Gasteiger partial charge on any atom is 0.253 e. The van der Waals surface area contributed by atoms with Crippen molar-refractivity contribution in [2.24, 2.45) is 0 Å². The molecule has 0 radical (unpaired) electrons. The lowest BCUT2D eigenvalue weighted by Gasteiger charge is -2.37. The van der Waals surface area contributed by atoms with E-state index in [-0.39, 0.29) is 16.7 Å². The van der Waals surface area contributed by atoms with Crippen LogP contribution in [0.25, 0.3) is 0 Å². The van der Waals surface area contributed by atoms with Gasteiger partial charge < -0.3 is 10.2 Å². The van der Waals surface area contributed by atoms with Crippen molar-refractivity contribution in [3.8, 4) is 0 Å². The summed E-state index contributed by atoms with van der Waals surface area (Å²) in [6.07, 6.45) is 0.933. The molecule has 0 aliphatic carbocycles. The number of nitrogens with zero attached hydrogens (tertiary/aromatic N) is 3. The minimum Gasteiger partial charge on any atom is -0.336 e. The normalized spacial score (nSPS) is 15.9. The largest absolute Gasteiger partial charge is 0.336 e. The molecule has 184 valence electrons. The zero-order valence-corrected chi connectivity index (χ0v) is 21.4. The van der Waals surface area contributed by atoms with E-state index in [1.807, 2.05) is 47.9 Å². The summed E-state index contributed by atoms with van der Waals surface area (Å²) in [4.78, 5) is 29.8. The second-order valence-corrected chi connectivity index (χ2v) is 11.0. The van der Waals surface area contributed by atoms with Gasteiger partial charge in [0.15, 0.2) is 0 Å². The fourth-order valence-corrected chi connectivity index (χ4v) is 4.82. The third kappa shape index (κ3) is 5.65. The number of carbonyl (C=O) groups excluding carboxylic acids is 2. The fourth-order valence-electron chi connectivity index (χ4n) is 3.89. The molecule has 0 aromatic heterocycles. The number of benzene rings is 2. The molecule has 2 aromatic carbocycles. The van der Waals surface area contributed by atoms with Crippen molar-refractivity contribution in [1.29, 1.82) is 0 Å². The zero-order chi connectivity index (χ0) is 25.0. The van der Waals surface area contributed by atoms with E-state index in [2.05, 4.69) is 12.2 Å². The predicted octanol–water partition coefficient (Wildman–Crippen LogP) is 2.59. The van der Waals surface area contributed by atoms with Crippen molar-refractivity contribution in [3.05, 3.63) is 59.2 Å². The molecular weight excluding hydrogens is 452 g/mol. The van der Waals surface area contributed by atoms with Gasteiger partial charge in [-0.15, -0.1) is 0 Å². The van der Waals surface area contributed by atoms with Crippen molar-refractivity contribution in [3.63, 3.8) is 0 Å². The maximum absolute atomic E-state index is 13.0. The van der Waals surface area contributed by atoms with Crippen molar-refractivity contribution < 1.29 is 18.0 Å². The molecule has 0 saturated carbocycles. The van der Waals surface area contributed by atoms with Crippen LogP contribution >= 0.6 is 0 Å². The number of rotatable bonds is 7. The summed E-state index contributed by atoms with van der Waals surface area (Å²) in [7, 11) is -0.655. The standard InChI is InChI=1S/C25H34N4O4S/c1-6-20-8-10-21(11-9-20)25(31)29-15-13-28(14-16-29)19(3)24(30)26-23-17-22(12-7-18(23)2)34(32,33)27(4)5/h7-12,17,19H,6,13-16H2,1-5H3,(H,26,30). The highest BCUT2D eigenvalue weighted by atomic mass is 32.2. The number of sulfonamides is 1. The molecule has 2 amide bonds. The summed E-state index contributed by atoms with van der Waals surface area (Å²) in [5.41, 5.74) is 3.13. The number of nitrogens with one attached hydrogen (secondary N) is 1. The van der Waals surface area contributed by atoms with Gasteiger partial charge in [0.05, 0.1) is 10.9 Å². The van der Waals surface area contributed by atoms with Crippen LogP contribution in [0.5, 0.6) is 0 Å². The van der Waals surface area contributed by atoms with Crippen LogP contribution in [0.2, 0.25) is 0 Å². The van der Waals surface area contributed by atoms with Gasteiger partial charge in [0, 0.05) is 51.5 Å². The Morgan fingerprint density at radius 2 is 1.65 bits per heavy atom. The Labute approximate surface area is 202 Å². The number of aryl methyl sites for hydroxylation is 2. The Morgan fingerprint density at radius 3 is 2.21 bits per heavy atom. The Bertz CT molecular complexity index is 1140. The van der Waals surface area contributed by atoms with Gasteiger partial charge in [0.1, 0.15) is 0 Å². The quantitative estimate of drug-likeness (QED) is 0.650. The van der Waals surface area contributed by atoms with Crippen LogP contribution in [-0.4, -0.2) is 80.7 Å². The van der Waals surface area contributed by atoms with E-state index >= 15 is 0 Å². The molecule has 1 N–H and O–H groups in total. The van der Waals surface area contributed by atoms with Gasteiger partial charge in [-0.2, -0.15) is 0 Å².